The molecule has 144 valence electrons. The Kier molecular flexibility index (Phi) is 5.55. The first kappa shape index (κ1) is 19.1. The van der Waals surface area contributed by atoms with Gasteiger partial charge in [0.2, 0.25) is 5.91 Å². The van der Waals surface area contributed by atoms with Crippen molar-refractivity contribution in [1.29, 1.82) is 0 Å². The molecule has 1 aliphatic carbocycles. The number of benzene rings is 1. The van der Waals surface area contributed by atoms with E-state index in [0.717, 1.165) is 38.6 Å². The molecule has 0 aromatic heterocycles. The summed E-state index contributed by atoms with van der Waals surface area (Å²) in [6.45, 7) is 2.99. The first-order valence-corrected chi connectivity index (χ1v) is 10.8. The SMILES string of the molecule is COCCNc1ccc(S(C)(=O)=O)cc1NC(=O)C1CC12CCNCC2. The minimum absolute atomic E-state index is 0.0123. The molecule has 26 heavy (non-hydrogen) atoms. The van der Waals surface area contributed by atoms with Crippen LogP contribution in [0.2, 0.25) is 0 Å². The van der Waals surface area contributed by atoms with Crippen LogP contribution in [0.1, 0.15) is 19.3 Å². The molecular formula is C18H27N3O4S. The van der Waals surface area contributed by atoms with E-state index in [-0.39, 0.29) is 22.1 Å². The van der Waals surface area contributed by atoms with E-state index in [2.05, 4.69) is 16.0 Å². The molecule has 1 amide bonds. The summed E-state index contributed by atoms with van der Waals surface area (Å²) in [6.07, 6.45) is 4.12. The molecular weight excluding hydrogens is 354 g/mol. The zero-order valence-corrected chi connectivity index (χ0v) is 16.1. The van der Waals surface area contributed by atoms with Gasteiger partial charge in [-0.15, -0.1) is 0 Å². The van der Waals surface area contributed by atoms with E-state index in [1.54, 1.807) is 19.2 Å². The number of sulfone groups is 1. The molecule has 1 unspecified atom stereocenters. The van der Waals surface area contributed by atoms with Crippen LogP contribution in [0.15, 0.2) is 23.1 Å². The Labute approximate surface area is 154 Å². The van der Waals surface area contributed by atoms with E-state index >= 15 is 0 Å². The summed E-state index contributed by atoms with van der Waals surface area (Å²) in [5, 5.41) is 9.47. The van der Waals surface area contributed by atoms with Gasteiger partial charge >= 0.3 is 0 Å². The topological polar surface area (TPSA) is 96.5 Å². The minimum Gasteiger partial charge on any atom is -0.383 e. The van der Waals surface area contributed by atoms with Gasteiger partial charge < -0.3 is 20.7 Å². The summed E-state index contributed by atoms with van der Waals surface area (Å²) in [6, 6.07) is 4.76. The highest BCUT2D eigenvalue weighted by atomic mass is 32.2. The normalized spacial score (nSPS) is 21.4. The van der Waals surface area contributed by atoms with Gasteiger partial charge in [0, 0.05) is 25.8 Å². The number of piperidine rings is 1. The number of nitrogens with one attached hydrogen (secondary N) is 3. The summed E-state index contributed by atoms with van der Waals surface area (Å²) >= 11 is 0. The van der Waals surface area contributed by atoms with Gasteiger partial charge in [-0.3, -0.25) is 4.79 Å². The van der Waals surface area contributed by atoms with Gasteiger partial charge in [0.05, 0.1) is 22.9 Å². The third-order valence-corrected chi connectivity index (χ3v) is 6.51. The summed E-state index contributed by atoms with van der Waals surface area (Å²) in [4.78, 5) is 12.9. The molecule has 1 saturated heterocycles. The number of ether oxygens (including phenoxy) is 1. The quantitative estimate of drug-likeness (QED) is 0.619. The van der Waals surface area contributed by atoms with E-state index in [9.17, 15) is 13.2 Å². The van der Waals surface area contributed by atoms with E-state index in [1.807, 2.05) is 0 Å². The van der Waals surface area contributed by atoms with Crippen molar-refractivity contribution in [3.05, 3.63) is 18.2 Å². The number of rotatable bonds is 7. The van der Waals surface area contributed by atoms with Crippen molar-refractivity contribution in [2.24, 2.45) is 11.3 Å². The molecule has 1 aromatic rings. The molecule has 0 bridgehead atoms. The molecule has 2 fully saturated rings. The number of hydrogen-bond acceptors (Lipinski definition) is 6. The molecule has 1 heterocycles. The maximum Gasteiger partial charge on any atom is 0.228 e. The molecule has 1 spiro atoms. The molecule has 3 N–H and O–H groups in total. The van der Waals surface area contributed by atoms with Crippen LogP contribution in [0.3, 0.4) is 0 Å². The Morgan fingerprint density at radius 2 is 2.04 bits per heavy atom. The van der Waals surface area contributed by atoms with Crippen molar-refractivity contribution in [2.75, 3.05) is 50.2 Å². The third-order valence-electron chi connectivity index (χ3n) is 5.40. The molecule has 0 radical (unpaired) electrons. The lowest BCUT2D eigenvalue weighted by atomic mass is 9.92. The van der Waals surface area contributed by atoms with Crippen LogP contribution in [0.5, 0.6) is 0 Å². The van der Waals surface area contributed by atoms with Crippen LogP contribution < -0.4 is 16.0 Å². The molecule has 3 rings (SSSR count). The molecule has 2 aliphatic rings. The Balaban J connectivity index is 1.76. The first-order valence-electron chi connectivity index (χ1n) is 8.94. The Morgan fingerprint density at radius 3 is 2.69 bits per heavy atom. The maximum atomic E-state index is 12.8. The van der Waals surface area contributed by atoms with Crippen LogP contribution in [-0.4, -0.2) is 53.9 Å². The highest BCUT2D eigenvalue weighted by Crippen LogP contribution is 2.58. The Morgan fingerprint density at radius 1 is 1.31 bits per heavy atom. The van der Waals surface area contributed by atoms with Gasteiger partial charge in [0.25, 0.3) is 0 Å². The minimum atomic E-state index is -3.35. The summed E-state index contributed by atoms with van der Waals surface area (Å²) in [7, 11) is -1.73. The Hall–Kier alpha value is -1.64. The van der Waals surface area contributed by atoms with Crippen LogP contribution in [0.25, 0.3) is 0 Å². The molecule has 1 aliphatic heterocycles. The van der Waals surface area contributed by atoms with E-state index in [4.69, 9.17) is 4.74 Å². The largest absolute Gasteiger partial charge is 0.383 e. The van der Waals surface area contributed by atoms with Crippen molar-refractivity contribution in [1.82, 2.24) is 5.32 Å². The highest BCUT2D eigenvalue weighted by molar-refractivity contribution is 7.90. The summed E-state index contributed by atoms with van der Waals surface area (Å²) in [5.74, 6) is -0.00865. The van der Waals surface area contributed by atoms with Gasteiger partial charge in [-0.25, -0.2) is 8.42 Å². The fourth-order valence-electron chi connectivity index (χ4n) is 3.71. The maximum absolute atomic E-state index is 12.8. The van der Waals surface area contributed by atoms with Gasteiger partial charge in [-0.1, -0.05) is 0 Å². The molecule has 1 atom stereocenters. The standard InChI is InChI=1S/C18H27N3O4S/c1-25-10-9-20-15-4-3-13(26(2,23)24)11-16(15)21-17(22)14-12-18(14)5-7-19-8-6-18/h3-4,11,14,19-20H,5-10,12H2,1-2H3,(H,21,22). The fourth-order valence-corrected chi connectivity index (χ4v) is 4.36. The number of anilines is 2. The first-order chi connectivity index (χ1) is 12.4. The number of carbonyl (C=O) groups excluding carboxylic acids is 1. The number of amides is 1. The molecule has 1 saturated carbocycles. The second kappa shape index (κ2) is 7.54. The fraction of sp³-hybridized carbons (Fsp3) is 0.611. The van der Waals surface area contributed by atoms with E-state index in [0.29, 0.717) is 24.5 Å². The van der Waals surface area contributed by atoms with E-state index < -0.39 is 9.84 Å². The lowest BCUT2D eigenvalue weighted by Crippen LogP contribution is -2.31. The summed E-state index contributed by atoms with van der Waals surface area (Å²) in [5.41, 5.74) is 1.33. The lowest BCUT2D eigenvalue weighted by molar-refractivity contribution is -0.118. The van der Waals surface area contributed by atoms with Crippen molar-refractivity contribution < 1.29 is 17.9 Å². The second-order valence-electron chi connectivity index (χ2n) is 7.26. The number of carbonyl (C=O) groups is 1. The predicted molar refractivity (Wildman–Crippen MR) is 101 cm³/mol. The van der Waals surface area contributed by atoms with Gasteiger partial charge in [0.1, 0.15) is 0 Å². The molecule has 8 heteroatoms. The van der Waals surface area contributed by atoms with Gasteiger partial charge in [0.15, 0.2) is 9.84 Å². The van der Waals surface area contributed by atoms with Crippen LogP contribution >= 0.6 is 0 Å². The number of methoxy groups -OCH3 is 1. The third kappa shape index (κ3) is 4.19. The van der Waals surface area contributed by atoms with Crippen LogP contribution in [-0.2, 0) is 19.4 Å². The van der Waals surface area contributed by atoms with Crippen molar-refractivity contribution >= 4 is 27.1 Å². The van der Waals surface area contributed by atoms with Crippen LogP contribution in [0.4, 0.5) is 11.4 Å². The number of hydrogen-bond donors (Lipinski definition) is 3. The lowest BCUT2D eigenvalue weighted by Gasteiger charge is -2.23. The van der Waals surface area contributed by atoms with Gasteiger partial charge in [-0.05, 0) is 56.0 Å². The predicted octanol–water partition coefficient (Wildman–Crippen LogP) is 1.48. The average molecular weight is 381 g/mol. The van der Waals surface area contributed by atoms with Crippen molar-refractivity contribution in [3.63, 3.8) is 0 Å². The highest BCUT2D eigenvalue weighted by Gasteiger charge is 2.57. The Bertz CT molecular complexity index is 773. The second-order valence-corrected chi connectivity index (χ2v) is 9.27. The van der Waals surface area contributed by atoms with Crippen molar-refractivity contribution in [3.8, 4) is 0 Å². The molecule has 7 nitrogen and oxygen atoms in total. The molecule has 1 aromatic carbocycles. The zero-order chi connectivity index (χ0) is 18.8. The van der Waals surface area contributed by atoms with E-state index in [1.165, 1.54) is 6.07 Å². The van der Waals surface area contributed by atoms with Crippen LogP contribution in [0, 0.1) is 11.3 Å². The smallest absolute Gasteiger partial charge is 0.228 e. The average Bonchev–Trinajstić information content (AvgIpc) is 3.29. The van der Waals surface area contributed by atoms with Crippen molar-refractivity contribution in [2.45, 2.75) is 24.2 Å². The summed E-state index contributed by atoms with van der Waals surface area (Å²) < 4.78 is 28.8. The zero-order valence-electron chi connectivity index (χ0n) is 15.3. The monoisotopic (exact) mass is 381 g/mol. The van der Waals surface area contributed by atoms with Gasteiger partial charge in [-0.2, -0.15) is 0 Å².